The summed E-state index contributed by atoms with van der Waals surface area (Å²) in [7, 11) is 0. The van der Waals surface area contributed by atoms with Crippen LogP contribution in [0, 0.1) is 13.8 Å². The Morgan fingerprint density at radius 2 is 0.980 bits per heavy atom. The van der Waals surface area contributed by atoms with Gasteiger partial charge >= 0.3 is 303 Å². The summed E-state index contributed by atoms with van der Waals surface area (Å²) in [6, 6.07) is 28.7. The zero-order valence-electron chi connectivity index (χ0n) is 33.0. The van der Waals surface area contributed by atoms with E-state index in [9.17, 15) is 0 Å². The Balaban J connectivity index is 0.00000292. The summed E-state index contributed by atoms with van der Waals surface area (Å²) in [5.41, 5.74) is 21.1. The summed E-state index contributed by atoms with van der Waals surface area (Å²) in [5.74, 6) is 1.19. The molecule has 2 aliphatic carbocycles. The minimum absolute atomic E-state index is 0. The second-order valence-corrected chi connectivity index (χ2v) is 43.6. The summed E-state index contributed by atoms with van der Waals surface area (Å²) in [5, 5.41) is 0. The number of halogens is 2. The third-order valence-corrected chi connectivity index (χ3v) is 44.5. The Labute approximate surface area is 325 Å². The molecule has 0 heterocycles. The minimum Gasteiger partial charge on any atom is -0.147 e. The van der Waals surface area contributed by atoms with E-state index in [1.807, 2.05) is 0 Å². The van der Waals surface area contributed by atoms with Crippen LogP contribution in [0.3, 0.4) is 0 Å². The number of aryl methyl sites for hydroxylation is 2. The summed E-state index contributed by atoms with van der Waals surface area (Å²) in [6.45, 7) is 26.7. The molecule has 0 N–H and O–H groups in total. The topological polar surface area (TPSA) is 0 Å². The quantitative estimate of drug-likeness (QED) is 0.132. The van der Waals surface area contributed by atoms with Crippen LogP contribution >= 0.6 is 24.8 Å². The summed E-state index contributed by atoms with van der Waals surface area (Å²) >= 11 is -3.81. The number of benzene rings is 4. The predicted molar refractivity (Wildman–Crippen MR) is 232 cm³/mol. The fourth-order valence-corrected chi connectivity index (χ4v) is 34.0. The second-order valence-electron chi connectivity index (χ2n) is 16.1. The van der Waals surface area contributed by atoms with E-state index in [1.54, 1.807) is 22.3 Å². The molecule has 0 nitrogen and oxygen atoms in total. The van der Waals surface area contributed by atoms with Crippen molar-refractivity contribution in [2.24, 2.45) is 0 Å². The minimum atomic E-state index is -3.81. The van der Waals surface area contributed by atoms with Gasteiger partial charge in [0.1, 0.15) is 0 Å². The molecule has 0 aliphatic heterocycles. The normalized spacial score (nSPS) is 17.8. The molecule has 6 rings (SSSR count). The number of hydrogen-bond donors (Lipinski definition) is 0. The third kappa shape index (κ3) is 6.84. The van der Waals surface area contributed by atoms with Crippen molar-refractivity contribution in [1.29, 1.82) is 0 Å². The molecular weight excluding hydrogens is 755 g/mol. The number of fused-ring (bicyclic) bond motifs is 2. The van der Waals surface area contributed by atoms with E-state index in [-0.39, 0.29) is 24.8 Å². The van der Waals surface area contributed by atoms with Crippen molar-refractivity contribution in [1.82, 2.24) is 0 Å². The van der Waals surface area contributed by atoms with Crippen LogP contribution < -0.4 is 0 Å². The molecule has 0 saturated heterocycles. The van der Waals surface area contributed by atoms with Crippen molar-refractivity contribution in [3.05, 3.63) is 128 Å². The standard InChI is InChI=1S/C22H25.C21H23.2C2H5.2ClH.H2Si.Zr/c1-5-15(3)18-8-10-19(11-9-18)20-12-7-16(4)21-13-17(6-2)14-22(20)21;1-5-15(3)17-7-9-18(10-8-17)19-11-6-16(4)20-12-14(2)13-21(19)20;2*1-2;;;;/h7-15H,5-6H2,1-4H3;6-13,15H,5H2,1-4H3;2*1H2,2H3;2*1H;1H2;. The molecule has 2 aliphatic rings. The molecule has 4 unspecified atom stereocenters. The maximum Gasteiger partial charge on any atom is -0.147 e. The molecule has 4 aromatic rings. The average Bonchev–Trinajstić information content (AvgIpc) is 3.72. The van der Waals surface area contributed by atoms with Crippen LogP contribution in [-0.2, 0) is 17.4 Å². The molecule has 0 radical (unpaired) electrons. The van der Waals surface area contributed by atoms with Gasteiger partial charge in [-0.1, -0.05) is 0 Å². The van der Waals surface area contributed by atoms with Crippen molar-refractivity contribution in [3.63, 3.8) is 0 Å². The van der Waals surface area contributed by atoms with E-state index < -0.39 is 17.4 Å². The molecule has 272 valence electrons. The predicted octanol–water partition coefficient (Wildman–Crippen LogP) is 14.6. The summed E-state index contributed by atoms with van der Waals surface area (Å²) in [6.07, 6.45) is 8.75. The van der Waals surface area contributed by atoms with E-state index in [1.165, 1.54) is 76.7 Å². The molecule has 4 heteroatoms. The maximum atomic E-state index is 2.66. The van der Waals surface area contributed by atoms with Crippen LogP contribution in [-0.4, -0.2) is 6.88 Å². The van der Waals surface area contributed by atoms with Crippen LogP contribution in [0.5, 0.6) is 0 Å². The monoisotopic (exact) mass is 814 g/mol. The first kappa shape index (κ1) is 41.8. The van der Waals surface area contributed by atoms with Gasteiger partial charge < -0.3 is 0 Å². The zero-order chi connectivity index (χ0) is 35.3. The maximum absolute atomic E-state index is 3.81. The molecule has 4 atom stereocenters. The van der Waals surface area contributed by atoms with Crippen molar-refractivity contribution in [2.45, 2.75) is 116 Å². The first-order valence-corrected chi connectivity index (χ1v) is 31.6. The van der Waals surface area contributed by atoms with E-state index in [4.69, 9.17) is 0 Å². The van der Waals surface area contributed by atoms with Gasteiger partial charge in [-0.25, -0.2) is 0 Å². The van der Waals surface area contributed by atoms with E-state index in [0.29, 0.717) is 19.1 Å². The van der Waals surface area contributed by atoms with Crippen LogP contribution in [0.2, 0.25) is 8.26 Å². The summed E-state index contributed by atoms with van der Waals surface area (Å²) in [4.78, 5) is 0. The molecule has 0 saturated carbocycles. The van der Waals surface area contributed by atoms with E-state index >= 15 is 0 Å². The van der Waals surface area contributed by atoms with Crippen LogP contribution in [0.15, 0.2) is 83.9 Å². The number of rotatable bonds is 11. The van der Waals surface area contributed by atoms with Gasteiger partial charge in [0.05, 0.1) is 0 Å². The van der Waals surface area contributed by atoms with E-state index in [2.05, 4.69) is 161 Å². The van der Waals surface area contributed by atoms with Gasteiger partial charge in [0.25, 0.3) is 0 Å². The Hall–Kier alpha value is -1.96. The SMILES string of the molecule is CCC1=Cc2c(-c3ccc(C(C)CC)cc3)ccc(C)c2[CH]1[Zr](=[SiH2])([CH2]C)([CH2]C)[CH]1C(C)=Cc2c(-c3ccc(C(C)CC)cc3)ccc(C)c21.Cl.Cl. The Kier molecular flexibility index (Phi) is 13.3. The second kappa shape index (κ2) is 16.2. The number of hydrogen-bond acceptors (Lipinski definition) is 0. The van der Waals surface area contributed by atoms with Gasteiger partial charge in [-0.3, -0.25) is 0 Å². The molecule has 0 fully saturated rings. The van der Waals surface area contributed by atoms with Crippen molar-refractivity contribution < 1.29 is 17.4 Å². The number of allylic oxidation sites excluding steroid dienone is 2. The van der Waals surface area contributed by atoms with Gasteiger partial charge in [-0.05, 0) is 0 Å². The molecule has 0 aromatic heterocycles. The first-order chi connectivity index (χ1) is 23.4. The third-order valence-electron chi connectivity index (χ3n) is 13.7. The van der Waals surface area contributed by atoms with Crippen molar-refractivity contribution >= 4 is 43.8 Å². The van der Waals surface area contributed by atoms with Crippen molar-refractivity contribution in [3.8, 4) is 22.3 Å². The van der Waals surface area contributed by atoms with Gasteiger partial charge in [0.15, 0.2) is 0 Å². The Bertz CT molecular complexity index is 2010. The van der Waals surface area contributed by atoms with Crippen molar-refractivity contribution in [2.75, 3.05) is 0 Å². The largest absolute Gasteiger partial charge is 0.147 e. The fourth-order valence-electron chi connectivity index (χ4n) is 9.95. The molecule has 51 heavy (non-hydrogen) atoms. The molecule has 0 amide bonds. The fraction of sp³-hybridized carbons (Fsp3) is 0.404. The summed E-state index contributed by atoms with van der Waals surface area (Å²) < 4.78 is 3.76. The van der Waals surface area contributed by atoms with Crippen LogP contribution in [0.1, 0.15) is 138 Å². The van der Waals surface area contributed by atoms with Gasteiger partial charge in [-0.2, -0.15) is 0 Å². The van der Waals surface area contributed by atoms with Crippen LogP contribution in [0.25, 0.3) is 34.4 Å². The van der Waals surface area contributed by atoms with Gasteiger partial charge in [0.2, 0.25) is 0 Å². The molecular formula is C47H62Cl2SiZr. The Morgan fingerprint density at radius 3 is 1.37 bits per heavy atom. The van der Waals surface area contributed by atoms with Gasteiger partial charge in [-0.15, -0.1) is 24.8 Å². The van der Waals surface area contributed by atoms with E-state index in [0.717, 1.165) is 6.42 Å². The average molecular weight is 817 g/mol. The zero-order valence-corrected chi connectivity index (χ0v) is 38.5. The molecule has 0 spiro atoms. The van der Waals surface area contributed by atoms with Crippen LogP contribution in [0.4, 0.5) is 0 Å². The van der Waals surface area contributed by atoms with Gasteiger partial charge in [0, 0.05) is 0 Å². The molecule has 4 aromatic carbocycles. The first-order valence-electron chi connectivity index (χ1n) is 19.3. The Morgan fingerprint density at radius 1 is 0.569 bits per heavy atom. The molecule has 0 bridgehead atoms. The smallest absolute Gasteiger partial charge is 0.147 e.